The van der Waals surface area contributed by atoms with Gasteiger partial charge in [-0.3, -0.25) is 4.90 Å². The van der Waals surface area contributed by atoms with Gasteiger partial charge in [-0.05, 0) is 20.3 Å². The fourth-order valence-corrected chi connectivity index (χ4v) is 2.53. The Morgan fingerprint density at radius 1 is 1.47 bits per heavy atom. The number of rotatable bonds is 4. The summed E-state index contributed by atoms with van der Waals surface area (Å²) < 4.78 is 5.22. The third-order valence-electron chi connectivity index (χ3n) is 3.54. The van der Waals surface area contributed by atoms with Crippen molar-refractivity contribution in [3.05, 3.63) is 17.0 Å². The van der Waals surface area contributed by atoms with Crippen molar-refractivity contribution in [2.75, 3.05) is 19.6 Å². The summed E-state index contributed by atoms with van der Waals surface area (Å²) in [5.74, 6) is 0.966. The molecule has 4 nitrogen and oxygen atoms in total. The van der Waals surface area contributed by atoms with E-state index in [-0.39, 0.29) is 0 Å². The second-order valence-corrected chi connectivity index (χ2v) is 4.98. The Bertz CT molecular complexity index is 340. The van der Waals surface area contributed by atoms with Crippen LogP contribution >= 0.6 is 0 Å². The van der Waals surface area contributed by atoms with Gasteiger partial charge in [0.15, 0.2) is 0 Å². The lowest BCUT2D eigenvalue weighted by Gasteiger charge is -2.33. The smallest absolute Gasteiger partial charge is 0.138 e. The molecule has 0 saturated carbocycles. The average molecular weight is 237 g/mol. The first-order valence-corrected chi connectivity index (χ1v) is 6.58. The first-order valence-electron chi connectivity index (χ1n) is 6.58. The van der Waals surface area contributed by atoms with Crippen LogP contribution in [0.25, 0.3) is 0 Å². The molecule has 0 aliphatic carbocycles. The third-order valence-corrected chi connectivity index (χ3v) is 3.54. The van der Waals surface area contributed by atoms with E-state index in [9.17, 15) is 0 Å². The summed E-state index contributed by atoms with van der Waals surface area (Å²) >= 11 is 0. The molecule has 1 fully saturated rings. The zero-order valence-corrected chi connectivity index (χ0v) is 11.1. The molecule has 1 atom stereocenters. The van der Waals surface area contributed by atoms with E-state index < -0.39 is 0 Å². The number of hydrogen-bond acceptors (Lipinski definition) is 4. The van der Waals surface area contributed by atoms with E-state index >= 15 is 0 Å². The lowest BCUT2D eigenvalue weighted by atomic mass is 10.1. The molecule has 0 radical (unpaired) electrons. The molecule has 2 rings (SSSR count). The standard InChI is InChI=1S/C13H23N3O/c1-4-5-12-8-16(7-6-14-12)9-13-10(2)15-17-11(13)3/h12,14H,4-9H2,1-3H3. The largest absolute Gasteiger partial charge is 0.361 e. The van der Waals surface area contributed by atoms with E-state index in [1.54, 1.807) is 0 Å². The van der Waals surface area contributed by atoms with Crippen molar-refractivity contribution in [1.29, 1.82) is 0 Å². The molecule has 1 aromatic heterocycles. The summed E-state index contributed by atoms with van der Waals surface area (Å²) in [6, 6.07) is 0.647. The third kappa shape index (κ3) is 3.07. The normalized spacial score (nSPS) is 21.9. The summed E-state index contributed by atoms with van der Waals surface area (Å²) in [5.41, 5.74) is 2.30. The summed E-state index contributed by atoms with van der Waals surface area (Å²) in [5, 5.41) is 7.60. The van der Waals surface area contributed by atoms with Crippen LogP contribution in [0, 0.1) is 13.8 Å². The van der Waals surface area contributed by atoms with Gasteiger partial charge in [-0.1, -0.05) is 18.5 Å². The molecule has 1 unspecified atom stereocenters. The highest BCUT2D eigenvalue weighted by Gasteiger charge is 2.20. The van der Waals surface area contributed by atoms with Gasteiger partial charge in [0.25, 0.3) is 0 Å². The van der Waals surface area contributed by atoms with Gasteiger partial charge >= 0.3 is 0 Å². The first-order chi connectivity index (χ1) is 8.20. The lowest BCUT2D eigenvalue weighted by molar-refractivity contribution is 0.186. The van der Waals surface area contributed by atoms with Crippen LogP contribution in [-0.2, 0) is 6.54 Å². The molecular formula is C13H23N3O. The minimum atomic E-state index is 0.647. The number of hydrogen-bond donors (Lipinski definition) is 1. The predicted molar refractivity (Wildman–Crippen MR) is 68.0 cm³/mol. The Morgan fingerprint density at radius 3 is 2.94 bits per heavy atom. The Balaban J connectivity index is 1.94. The molecule has 1 aromatic rings. The van der Waals surface area contributed by atoms with Crippen molar-refractivity contribution in [2.45, 2.75) is 46.2 Å². The van der Waals surface area contributed by atoms with Gasteiger partial charge in [0, 0.05) is 37.8 Å². The van der Waals surface area contributed by atoms with E-state index in [2.05, 4.69) is 22.3 Å². The van der Waals surface area contributed by atoms with Crippen LogP contribution in [0.4, 0.5) is 0 Å². The van der Waals surface area contributed by atoms with Gasteiger partial charge in [0.05, 0.1) is 5.69 Å². The topological polar surface area (TPSA) is 41.3 Å². The van der Waals surface area contributed by atoms with Crippen LogP contribution in [-0.4, -0.2) is 35.7 Å². The molecular weight excluding hydrogens is 214 g/mol. The summed E-state index contributed by atoms with van der Waals surface area (Å²) in [4.78, 5) is 2.50. The van der Waals surface area contributed by atoms with E-state index in [0.29, 0.717) is 6.04 Å². The van der Waals surface area contributed by atoms with E-state index in [0.717, 1.165) is 37.6 Å². The van der Waals surface area contributed by atoms with Crippen LogP contribution in [0.1, 0.15) is 36.8 Å². The minimum Gasteiger partial charge on any atom is -0.361 e. The first kappa shape index (κ1) is 12.6. The van der Waals surface area contributed by atoms with Crippen LogP contribution < -0.4 is 5.32 Å². The molecule has 1 aliphatic rings. The van der Waals surface area contributed by atoms with Gasteiger partial charge in [-0.2, -0.15) is 0 Å². The fourth-order valence-electron chi connectivity index (χ4n) is 2.53. The zero-order chi connectivity index (χ0) is 12.3. The van der Waals surface area contributed by atoms with Crippen molar-refractivity contribution in [1.82, 2.24) is 15.4 Å². The summed E-state index contributed by atoms with van der Waals surface area (Å²) in [6.45, 7) is 10.6. The SMILES string of the molecule is CCCC1CN(Cc2c(C)noc2C)CCN1. The number of aryl methyl sites for hydroxylation is 2. The van der Waals surface area contributed by atoms with Gasteiger partial charge < -0.3 is 9.84 Å². The van der Waals surface area contributed by atoms with Crippen LogP contribution in [0.15, 0.2) is 4.52 Å². The second-order valence-electron chi connectivity index (χ2n) is 4.98. The molecule has 4 heteroatoms. The highest BCUT2D eigenvalue weighted by atomic mass is 16.5. The summed E-state index contributed by atoms with van der Waals surface area (Å²) in [6.07, 6.45) is 2.51. The average Bonchev–Trinajstić information content (AvgIpc) is 2.62. The van der Waals surface area contributed by atoms with Crippen molar-refractivity contribution in [2.24, 2.45) is 0 Å². The second kappa shape index (κ2) is 5.65. The lowest BCUT2D eigenvalue weighted by Crippen LogP contribution is -2.50. The molecule has 0 aromatic carbocycles. The minimum absolute atomic E-state index is 0.647. The monoisotopic (exact) mass is 237 g/mol. The van der Waals surface area contributed by atoms with Crippen molar-refractivity contribution < 1.29 is 4.52 Å². The van der Waals surface area contributed by atoms with Crippen molar-refractivity contribution in [3.63, 3.8) is 0 Å². The Morgan fingerprint density at radius 2 is 2.29 bits per heavy atom. The maximum atomic E-state index is 5.22. The molecule has 17 heavy (non-hydrogen) atoms. The molecule has 0 amide bonds. The highest BCUT2D eigenvalue weighted by Crippen LogP contribution is 2.16. The quantitative estimate of drug-likeness (QED) is 0.868. The maximum absolute atomic E-state index is 5.22. The van der Waals surface area contributed by atoms with E-state index in [1.165, 1.54) is 18.4 Å². The Labute approximate surface area is 103 Å². The van der Waals surface area contributed by atoms with Crippen LogP contribution in [0.2, 0.25) is 0 Å². The molecule has 0 bridgehead atoms. The highest BCUT2D eigenvalue weighted by molar-refractivity contribution is 5.20. The molecule has 0 spiro atoms. The molecule has 1 saturated heterocycles. The molecule has 1 N–H and O–H groups in total. The summed E-state index contributed by atoms with van der Waals surface area (Å²) in [7, 11) is 0. The van der Waals surface area contributed by atoms with Crippen molar-refractivity contribution >= 4 is 0 Å². The molecule has 2 heterocycles. The van der Waals surface area contributed by atoms with Crippen LogP contribution in [0.5, 0.6) is 0 Å². The zero-order valence-electron chi connectivity index (χ0n) is 11.1. The van der Waals surface area contributed by atoms with Gasteiger partial charge in [-0.15, -0.1) is 0 Å². The Hall–Kier alpha value is -0.870. The van der Waals surface area contributed by atoms with E-state index in [1.807, 2.05) is 13.8 Å². The number of piperazine rings is 1. The Kier molecular flexibility index (Phi) is 4.18. The van der Waals surface area contributed by atoms with Gasteiger partial charge in [0.1, 0.15) is 5.76 Å². The van der Waals surface area contributed by atoms with Crippen molar-refractivity contribution in [3.8, 4) is 0 Å². The van der Waals surface area contributed by atoms with Gasteiger partial charge in [0.2, 0.25) is 0 Å². The fraction of sp³-hybridized carbons (Fsp3) is 0.769. The maximum Gasteiger partial charge on any atom is 0.138 e. The number of nitrogens with zero attached hydrogens (tertiary/aromatic N) is 2. The number of nitrogens with one attached hydrogen (secondary N) is 1. The van der Waals surface area contributed by atoms with Gasteiger partial charge in [-0.25, -0.2) is 0 Å². The molecule has 1 aliphatic heterocycles. The van der Waals surface area contributed by atoms with Crippen LogP contribution in [0.3, 0.4) is 0 Å². The predicted octanol–water partition coefficient (Wildman–Crippen LogP) is 1.87. The molecule has 96 valence electrons. The number of aromatic nitrogens is 1. The van der Waals surface area contributed by atoms with E-state index in [4.69, 9.17) is 4.52 Å².